The molecule has 0 unspecified atom stereocenters. The highest BCUT2D eigenvalue weighted by molar-refractivity contribution is 5.99. The van der Waals surface area contributed by atoms with Crippen LogP contribution in [-0.4, -0.2) is 39.9 Å². The van der Waals surface area contributed by atoms with Crippen LogP contribution in [0.5, 0.6) is 0 Å². The van der Waals surface area contributed by atoms with Gasteiger partial charge in [0.2, 0.25) is 0 Å². The Morgan fingerprint density at radius 2 is 2.05 bits per heavy atom. The normalized spacial score (nSPS) is 10.1. The smallest absolute Gasteiger partial charge is 0.305 e. The molecule has 0 aromatic heterocycles. The zero-order valence-electron chi connectivity index (χ0n) is 11.3. The molecule has 0 spiro atoms. The first kappa shape index (κ1) is 15.6. The van der Waals surface area contributed by atoms with E-state index in [-0.39, 0.29) is 30.8 Å². The van der Waals surface area contributed by atoms with Gasteiger partial charge in [0.05, 0.1) is 11.3 Å². The Morgan fingerprint density at radius 3 is 2.55 bits per heavy atom. The van der Waals surface area contributed by atoms with E-state index in [9.17, 15) is 19.7 Å². The van der Waals surface area contributed by atoms with Crippen LogP contribution in [0.3, 0.4) is 0 Å². The van der Waals surface area contributed by atoms with Gasteiger partial charge in [-0.3, -0.25) is 19.7 Å². The summed E-state index contributed by atoms with van der Waals surface area (Å²) in [6.45, 7) is 3.63. The fourth-order valence-corrected chi connectivity index (χ4v) is 1.87. The van der Waals surface area contributed by atoms with Crippen molar-refractivity contribution in [2.24, 2.45) is 0 Å². The zero-order chi connectivity index (χ0) is 15.3. The van der Waals surface area contributed by atoms with E-state index in [4.69, 9.17) is 5.11 Å². The average Bonchev–Trinajstić information content (AvgIpc) is 2.38. The van der Waals surface area contributed by atoms with E-state index in [0.29, 0.717) is 5.56 Å². The molecule has 0 aliphatic carbocycles. The van der Waals surface area contributed by atoms with Gasteiger partial charge in [-0.15, -0.1) is 0 Å². The molecule has 1 rings (SSSR count). The molecule has 7 heteroatoms. The number of amides is 1. The minimum atomic E-state index is -1.02. The molecule has 0 saturated carbocycles. The minimum Gasteiger partial charge on any atom is -0.481 e. The highest BCUT2D eigenvalue weighted by Gasteiger charge is 2.25. The Labute approximate surface area is 116 Å². The van der Waals surface area contributed by atoms with Crippen LogP contribution in [0.15, 0.2) is 18.2 Å². The molecule has 1 amide bonds. The van der Waals surface area contributed by atoms with Crippen molar-refractivity contribution in [1.82, 2.24) is 4.90 Å². The Morgan fingerprint density at radius 1 is 1.40 bits per heavy atom. The molecule has 1 aromatic rings. The molecule has 0 fully saturated rings. The van der Waals surface area contributed by atoms with Crippen molar-refractivity contribution in [3.05, 3.63) is 39.4 Å². The van der Waals surface area contributed by atoms with E-state index in [1.54, 1.807) is 19.9 Å². The van der Waals surface area contributed by atoms with Crippen LogP contribution >= 0.6 is 0 Å². The number of nitrogens with zero attached hydrogens (tertiary/aromatic N) is 2. The first-order valence-corrected chi connectivity index (χ1v) is 6.13. The second-order valence-electron chi connectivity index (χ2n) is 4.25. The van der Waals surface area contributed by atoms with Gasteiger partial charge in [0.15, 0.2) is 0 Å². The van der Waals surface area contributed by atoms with E-state index in [1.807, 2.05) is 0 Å². The summed E-state index contributed by atoms with van der Waals surface area (Å²) in [4.78, 5) is 34.6. The highest BCUT2D eigenvalue weighted by atomic mass is 16.6. The number of benzene rings is 1. The summed E-state index contributed by atoms with van der Waals surface area (Å²) in [7, 11) is 0. The number of hydrogen-bond acceptors (Lipinski definition) is 4. The number of carbonyl (C=O) groups is 2. The van der Waals surface area contributed by atoms with E-state index in [0.717, 1.165) is 0 Å². The van der Waals surface area contributed by atoms with Gasteiger partial charge in [0.1, 0.15) is 5.56 Å². The van der Waals surface area contributed by atoms with Crippen LogP contribution in [-0.2, 0) is 4.79 Å². The third-order valence-corrected chi connectivity index (χ3v) is 2.93. The highest BCUT2D eigenvalue weighted by Crippen LogP contribution is 2.23. The number of carboxylic acids is 1. The van der Waals surface area contributed by atoms with Crippen LogP contribution in [0.25, 0.3) is 0 Å². The molecule has 0 aliphatic heterocycles. The van der Waals surface area contributed by atoms with Gasteiger partial charge in [-0.25, -0.2) is 0 Å². The van der Waals surface area contributed by atoms with Crippen molar-refractivity contribution in [2.75, 3.05) is 13.1 Å². The third kappa shape index (κ3) is 3.53. The lowest BCUT2D eigenvalue weighted by atomic mass is 10.1. The van der Waals surface area contributed by atoms with E-state index in [1.165, 1.54) is 17.0 Å². The van der Waals surface area contributed by atoms with Crippen molar-refractivity contribution in [3.63, 3.8) is 0 Å². The lowest BCUT2D eigenvalue weighted by Gasteiger charge is -2.20. The number of hydrogen-bond donors (Lipinski definition) is 1. The quantitative estimate of drug-likeness (QED) is 0.633. The predicted octanol–water partition coefficient (Wildman–Crippen LogP) is 1.84. The Balaban J connectivity index is 3.12. The molecule has 0 bridgehead atoms. The molecule has 0 saturated heterocycles. The fourth-order valence-electron chi connectivity index (χ4n) is 1.87. The molecule has 0 atom stereocenters. The van der Waals surface area contributed by atoms with Crippen molar-refractivity contribution < 1.29 is 19.6 Å². The Kier molecular flexibility index (Phi) is 5.19. The molecule has 20 heavy (non-hydrogen) atoms. The van der Waals surface area contributed by atoms with Crippen LogP contribution in [0.4, 0.5) is 5.69 Å². The average molecular weight is 280 g/mol. The van der Waals surface area contributed by atoms with Gasteiger partial charge < -0.3 is 10.0 Å². The summed E-state index contributed by atoms with van der Waals surface area (Å²) < 4.78 is 0. The number of rotatable bonds is 6. The number of aryl methyl sites for hydroxylation is 1. The molecule has 0 aliphatic rings. The number of nitro groups is 1. The van der Waals surface area contributed by atoms with Crippen LogP contribution in [0, 0.1) is 17.0 Å². The molecule has 1 N–H and O–H groups in total. The van der Waals surface area contributed by atoms with Crippen LogP contribution < -0.4 is 0 Å². The van der Waals surface area contributed by atoms with E-state index in [2.05, 4.69) is 0 Å². The monoisotopic (exact) mass is 280 g/mol. The van der Waals surface area contributed by atoms with Crippen molar-refractivity contribution in [2.45, 2.75) is 20.3 Å². The summed E-state index contributed by atoms with van der Waals surface area (Å²) in [5, 5.41) is 19.7. The van der Waals surface area contributed by atoms with Gasteiger partial charge in [-0.05, 0) is 19.4 Å². The second kappa shape index (κ2) is 6.65. The first-order chi connectivity index (χ1) is 9.38. The standard InChI is InChI=1S/C13H16N2O5/c1-3-14(8-7-11(16)17)13(18)12-9(2)5-4-6-10(12)15(19)20/h4-6H,3,7-8H2,1-2H3,(H,16,17). The SMILES string of the molecule is CCN(CCC(=O)O)C(=O)c1c(C)cccc1[N+](=O)[O-]. The number of carboxylic acid groups (broad SMARTS) is 1. The maximum absolute atomic E-state index is 12.4. The molecule has 108 valence electrons. The molecule has 1 aromatic carbocycles. The van der Waals surface area contributed by atoms with Gasteiger partial charge in [0, 0.05) is 19.2 Å². The van der Waals surface area contributed by atoms with Crippen molar-refractivity contribution in [3.8, 4) is 0 Å². The van der Waals surface area contributed by atoms with Crippen LogP contribution in [0.1, 0.15) is 29.3 Å². The van der Waals surface area contributed by atoms with Crippen molar-refractivity contribution >= 4 is 17.6 Å². The van der Waals surface area contributed by atoms with E-state index >= 15 is 0 Å². The zero-order valence-corrected chi connectivity index (χ0v) is 11.3. The summed E-state index contributed by atoms with van der Waals surface area (Å²) in [5.74, 6) is -1.53. The molecular weight excluding hydrogens is 264 g/mol. The summed E-state index contributed by atoms with van der Waals surface area (Å²) >= 11 is 0. The second-order valence-corrected chi connectivity index (χ2v) is 4.25. The Hall–Kier alpha value is -2.44. The van der Waals surface area contributed by atoms with Crippen molar-refractivity contribution in [1.29, 1.82) is 0 Å². The molecule has 7 nitrogen and oxygen atoms in total. The first-order valence-electron chi connectivity index (χ1n) is 6.13. The maximum atomic E-state index is 12.4. The third-order valence-electron chi connectivity index (χ3n) is 2.93. The number of nitro benzene ring substituents is 1. The summed E-state index contributed by atoms with van der Waals surface area (Å²) in [6, 6.07) is 4.40. The van der Waals surface area contributed by atoms with Gasteiger partial charge in [-0.1, -0.05) is 12.1 Å². The lowest BCUT2D eigenvalue weighted by molar-refractivity contribution is -0.385. The minimum absolute atomic E-state index is 0.0183. The van der Waals surface area contributed by atoms with Gasteiger partial charge in [-0.2, -0.15) is 0 Å². The number of aliphatic carboxylic acids is 1. The van der Waals surface area contributed by atoms with Crippen LogP contribution in [0.2, 0.25) is 0 Å². The largest absolute Gasteiger partial charge is 0.481 e. The molecule has 0 radical (unpaired) electrons. The van der Waals surface area contributed by atoms with Gasteiger partial charge in [0.25, 0.3) is 11.6 Å². The maximum Gasteiger partial charge on any atom is 0.305 e. The lowest BCUT2D eigenvalue weighted by Crippen LogP contribution is -2.33. The number of carbonyl (C=O) groups excluding carboxylic acids is 1. The molecule has 0 heterocycles. The fraction of sp³-hybridized carbons (Fsp3) is 0.385. The Bertz CT molecular complexity index is 542. The summed E-state index contributed by atoms with van der Waals surface area (Å²) in [6.07, 6.45) is -0.195. The summed E-state index contributed by atoms with van der Waals surface area (Å²) in [5.41, 5.74) is 0.256. The molecular formula is C13H16N2O5. The van der Waals surface area contributed by atoms with Gasteiger partial charge >= 0.3 is 5.97 Å². The van der Waals surface area contributed by atoms with E-state index < -0.39 is 16.8 Å². The topological polar surface area (TPSA) is 101 Å². The predicted molar refractivity (Wildman–Crippen MR) is 71.7 cm³/mol.